The van der Waals surface area contributed by atoms with Gasteiger partial charge in [-0.3, -0.25) is 23.7 Å². The van der Waals surface area contributed by atoms with Gasteiger partial charge in [-0.2, -0.15) is 0 Å². The van der Waals surface area contributed by atoms with Crippen LogP contribution in [0.3, 0.4) is 0 Å². The van der Waals surface area contributed by atoms with Crippen LogP contribution in [0.4, 0.5) is 0 Å². The molecule has 1 saturated heterocycles. The molecule has 1 atom stereocenters. The van der Waals surface area contributed by atoms with Gasteiger partial charge in [0, 0.05) is 37.5 Å². The molecule has 0 aliphatic carbocycles. The van der Waals surface area contributed by atoms with E-state index in [4.69, 9.17) is 4.74 Å². The normalized spacial score (nSPS) is 20.2. The number of hydrogen-bond donors (Lipinski definition) is 1. The van der Waals surface area contributed by atoms with Crippen LogP contribution in [0.2, 0.25) is 0 Å². The summed E-state index contributed by atoms with van der Waals surface area (Å²) in [6.45, 7) is 4.73. The van der Waals surface area contributed by atoms with E-state index < -0.39 is 0 Å². The van der Waals surface area contributed by atoms with Gasteiger partial charge in [-0.1, -0.05) is 0 Å². The molecular formula is C24H29ClN6O3S. The largest absolute Gasteiger partial charge is 0.491 e. The van der Waals surface area contributed by atoms with Gasteiger partial charge in [0.2, 0.25) is 0 Å². The van der Waals surface area contributed by atoms with Gasteiger partial charge in [0.25, 0.3) is 11.1 Å². The lowest BCUT2D eigenvalue weighted by atomic mass is 10.0. The van der Waals surface area contributed by atoms with Crippen LogP contribution in [0.15, 0.2) is 45.1 Å². The molecule has 3 aliphatic heterocycles. The second-order valence-corrected chi connectivity index (χ2v) is 10.4. The lowest BCUT2D eigenvalue weighted by Crippen LogP contribution is -2.44. The number of rotatable bonds is 5. The number of thioether (sulfide) groups is 1. The highest BCUT2D eigenvalue weighted by Crippen LogP contribution is 2.32. The molecule has 6 rings (SSSR count). The maximum absolute atomic E-state index is 12.6. The van der Waals surface area contributed by atoms with Gasteiger partial charge in [0.1, 0.15) is 11.2 Å². The molecular weight excluding hydrogens is 488 g/mol. The monoisotopic (exact) mass is 516 g/mol. The zero-order chi connectivity index (χ0) is 23.1. The first kappa shape index (κ1) is 24.3. The van der Waals surface area contributed by atoms with Gasteiger partial charge in [0.05, 0.1) is 35.6 Å². The minimum absolute atomic E-state index is 0. The molecule has 9 nitrogen and oxygen atoms in total. The van der Waals surface area contributed by atoms with Crippen LogP contribution in [-0.2, 0) is 13.1 Å². The number of ether oxygens (including phenoxy) is 1. The molecule has 0 aromatic carbocycles. The third-order valence-electron chi connectivity index (χ3n) is 6.99. The maximum atomic E-state index is 12.6. The molecule has 3 aromatic heterocycles. The fourth-order valence-corrected chi connectivity index (χ4v) is 6.19. The minimum Gasteiger partial charge on any atom is -0.491 e. The Morgan fingerprint density at radius 1 is 1.11 bits per heavy atom. The molecule has 186 valence electrons. The van der Waals surface area contributed by atoms with Crippen LogP contribution in [0.1, 0.15) is 31.0 Å². The second kappa shape index (κ2) is 10.3. The summed E-state index contributed by atoms with van der Waals surface area (Å²) in [5.41, 5.74) is 2.19. The molecule has 1 fully saturated rings. The number of nitrogens with one attached hydrogen (secondary N) is 1. The third kappa shape index (κ3) is 4.84. The lowest BCUT2D eigenvalue weighted by molar-refractivity contribution is 0.171. The fraction of sp³-hybridized carbons (Fsp3) is 0.500. The Morgan fingerprint density at radius 2 is 1.97 bits per heavy atom. The molecule has 1 N–H and O–H groups in total. The summed E-state index contributed by atoms with van der Waals surface area (Å²) < 4.78 is 9.22. The number of fused-ring (bicyclic) bond motifs is 1. The topological polar surface area (TPSA) is 94.3 Å². The Hall–Kier alpha value is -2.40. The smallest absolute Gasteiger partial charge is 0.270 e. The summed E-state index contributed by atoms with van der Waals surface area (Å²) in [5.74, 6) is 1.99. The highest BCUT2D eigenvalue weighted by molar-refractivity contribution is 7.99. The van der Waals surface area contributed by atoms with Crippen molar-refractivity contribution in [3.8, 4) is 5.75 Å². The summed E-state index contributed by atoms with van der Waals surface area (Å²) in [4.78, 5) is 37.3. The highest BCUT2D eigenvalue weighted by atomic mass is 35.5. The van der Waals surface area contributed by atoms with Crippen LogP contribution >= 0.6 is 24.2 Å². The zero-order valence-electron chi connectivity index (χ0n) is 19.4. The summed E-state index contributed by atoms with van der Waals surface area (Å²) >= 11 is 1.85. The lowest BCUT2D eigenvalue weighted by Gasteiger charge is -2.34. The van der Waals surface area contributed by atoms with Crippen LogP contribution in [0, 0.1) is 0 Å². The summed E-state index contributed by atoms with van der Waals surface area (Å²) in [7, 11) is 0. The highest BCUT2D eigenvalue weighted by Gasteiger charge is 2.29. The van der Waals surface area contributed by atoms with E-state index in [1.54, 1.807) is 15.2 Å². The van der Waals surface area contributed by atoms with Crippen molar-refractivity contribution < 1.29 is 4.74 Å². The Bertz CT molecular complexity index is 1330. The number of aromatic nitrogens is 4. The molecule has 0 spiro atoms. The number of likely N-dealkylation sites (tertiary alicyclic amines) is 1. The van der Waals surface area contributed by atoms with E-state index >= 15 is 0 Å². The van der Waals surface area contributed by atoms with E-state index in [1.807, 2.05) is 18.0 Å². The average Bonchev–Trinajstić information content (AvgIpc) is 3.08. The fourth-order valence-electron chi connectivity index (χ4n) is 5.24. The number of halogens is 1. The van der Waals surface area contributed by atoms with Crippen molar-refractivity contribution in [1.82, 2.24) is 29.3 Å². The van der Waals surface area contributed by atoms with E-state index in [9.17, 15) is 9.59 Å². The predicted octanol–water partition coefficient (Wildman–Crippen LogP) is 2.06. The molecule has 0 amide bonds. The first-order valence-corrected chi connectivity index (χ1v) is 13.0. The van der Waals surface area contributed by atoms with Gasteiger partial charge < -0.3 is 15.0 Å². The average molecular weight is 517 g/mol. The zero-order valence-corrected chi connectivity index (χ0v) is 21.0. The Kier molecular flexibility index (Phi) is 7.15. The third-order valence-corrected chi connectivity index (χ3v) is 8.12. The van der Waals surface area contributed by atoms with Gasteiger partial charge in [-0.05, 0) is 44.5 Å². The van der Waals surface area contributed by atoms with Gasteiger partial charge >= 0.3 is 0 Å². The molecule has 0 radical (unpaired) electrons. The number of pyridine rings is 2. The van der Waals surface area contributed by atoms with Crippen LogP contribution in [0.25, 0.3) is 11.2 Å². The maximum Gasteiger partial charge on any atom is 0.270 e. The Morgan fingerprint density at radius 3 is 2.83 bits per heavy atom. The van der Waals surface area contributed by atoms with E-state index in [0.717, 1.165) is 69.2 Å². The number of piperidine rings is 1. The molecule has 11 heteroatoms. The van der Waals surface area contributed by atoms with Crippen molar-refractivity contribution in [2.45, 2.75) is 49.3 Å². The van der Waals surface area contributed by atoms with Crippen molar-refractivity contribution in [3.05, 3.63) is 57.0 Å². The molecule has 6 heterocycles. The van der Waals surface area contributed by atoms with Crippen molar-refractivity contribution in [1.29, 1.82) is 0 Å². The quantitative estimate of drug-likeness (QED) is 0.550. The van der Waals surface area contributed by atoms with E-state index in [0.29, 0.717) is 23.8 Å². The van der Waals surface area contributed by atoms with Crippen LogP contribution in [0.5, 0.6) is 5.75 Å². The van der Waals surface area contributed by atoms with Crippen LogP contribution in [-0.4, -0.2) is 62.0 Å². The summed E-state index contributed by atoms with van der Waals surface area (Å²) in [5, 5.41) is 3.67. The first-order valence-electron chi connectivity index (χ1n) is 12.0. The molecule has 35 heavy (non-hydrogen) atoms. The molecule has 0 unspecified atom stereocenters. The number of nitrogens with zero attached hydrogens (tertiary/aromatic N) is 5. The summed E-state index contributed by atoms with van der Waals surface area (Å²) in [6.07, 6.45) is 6.38. The van der Waals surface area contributed by atoms with Crippen molar-refractivity contribution >= 4 is 35.3 Å². The second-order valence-electron chi connectivity index (χ2n) is 9.24. The standard InChI is InChI=1S/C24H28N6O3S.ClH/c31-22-3-2-19-24-29(22)15-18(30(24)23(32)13-27-19)14-28-6-4-16(5-7-28)25-11-17-10-21-20(12-26-17)33-8-1-9-34-21;/h2-3,10,12-13,16,18,25H,1,4-9,11,14-15H2;1H/t18-;/m1./s1. The van der Waals surface area contributed by atoms with E-state index in [-0.39, 0.29) is 29.6 Å². The van der Waals surface area contributed by atoms with Gasteiger partial charge in [-0.15, -0.1) is 24.2 Å². The van der Waals surface area contributed by atoms with Crippen molar-refractivity contribution in [2.24, 2.45) is 0 Å². The molecule has 3 aliphatic rings. The minimum atomic E-state index is -0.136. The van der Waals surface area contributed by atoms with Gasteiger partial charge in [0.15, 0.2) is 5.75 Å². The van der Waals surface area contributed by atoms with Gasteiger partial charge in [-0.25, -0.2) is 4.98 Å². The SMILES string of the molecule is Cl.O=c1ccc2ncc(=O)n3c2n1C[C@H]3CN1CCC(NCc2cc3c(cn2)OCCCS3)CC1. The molecule has 3 aromatic rings. The van der Waals surface area contributed by atoms with Crippen molar-refractivity contribution in [2.75, 3.05) is 32.0 Å². The Labute approximate surface area is 213 Å². The van der Waals surface area contributed by atoms with E-state index in [2.05, 4.69) is 26.3 Å². The van der Waals surface area contributed by atoms with Crippen LogP contribution < -0.4 is 21.2 Å². The molecule has 0 saturated carbocycles. The molecule has 0 bridgehead atoms. The Balaban J connectivity index is 0.00000253. The van der Waals surface area contributed by atoms with E-state index in [1.165, 1.54) is 17.2 Å². The first-order chi connectivity index (χ1) is 16.7. The predicted molar refractivity (Wildman–Crippen MR) is 138 cm³/mol. The number of hydrogen-bond acceptors (Lipinski definition) is 8. The summed E-state index contributed by atoms with van der Waals surface area (Å²) in [6, 6.07) is 5.80. The van der Waals surface area contributed by atoms with Crippen molar-refractivity contribution in [3.63, 3.8) is 0 Å².